The second-order valence-corrected chi connectivity index (χ2v) is 7.91. The van der Waals surface area contributed by atoms with E-state index in [4.69, 9.17) is 9.97 Å². The first-order valence-electron chi connectivity index (χ1n) is 9.42. The SMILES string of the molecule is CC(C)c1cc2cccc3c4cccc5cc(C(C)C)nc(c(n1)c23)c54. The Morgan fingerprint density at radius 2 is 1.04 bits per heavy atom. The van der Waals surface area contributed by atoms with E-state index in [0.717, 1.165) is 22.4 Å². The maximum atomic E-state index is 5.09. The Morgan fingerprint density at radius 3 is 1.42 bits per heavy atom. The van der Waals surface area contributed by atoms with Crippen LogP contribution in [0.1, 0.15) is 50.9 Å². The summed E-state index contributed by atoms with van der Waals surface area (Å²) in [5.74, 6) is 0.778. The molecule has 3 aromatic carbocycles. The Morgan fingerprint density at radius 1 is 0.615 bits per heavy atom. The number of rotatable bonds is 2. The molecule has 0 unspecified atom stereocenters. The predicted octanol–water partition coefficient (Wildman–Crippen LogP) is 6.77. The molecular weight excluding hydrogens is 316 g/mol. The zero-order valence-electron chi connectivity index (χ0n) is 15.7. The molecule has 0 aliphatic carbocycles. The van der Waals surface area contributed by atoms with Crippen molar-refractivity contribution < 1.29 is 0 Å². The van der Waals surface area contributed by atoms with E-state index in [-0.39, 0.29) is 0 Å². The lowest BCUT2D eigenvalue weighted by molar-refractivity contribution is 0.828. The average molecular weight is 338 g/mol. The van der Waals surface area contributed by atoms with E-state index in [1.807, 2.05) is 0 Å². The summed E-state index contributed by atoms with van der Waals surface area (Å²) in [4.78, 5) is 10.2. The van der Waals surface area contributed by atoms with E-state index in [9.17, 15) is 0 Å². The normalized spacial score (nSPS) is 12.5. The fraction of sp³-hybridized carbons (Fsp3) is 0.250. The van der Waals surface area contributed by atoms with Crippen LogP contribution < -0.4 is 0 Å². The van der Waals surface area contributed by atoms with Crippen LogP contribution in [0.15, 0.2) is 48.5 Å². The maximum absolute atomic E-state index is 5.09. The van der Waals surface area contributed by atoms with Crippen molar-refractivity contribution in [3.05, 3.63) is 59.9 Å². The first kappa shape index (κ1) is 15.5. The molecule has 2 aromatic heterocycles. The van der Waals surface area contributed by atoms with Crippen LogP contribution in [0.4, 0.5) is 0 Å². The van der Waals surface area contributed by atoms with Gasteiger partial charge in [0.05, 0.1) is 11.0 Å². The highest BCUT2D eigenvalue weighted by Gasteiger charge is 2.18. The quantitative estimate of drug-likeness (QED) is 0.262. The van der Waals surface area contributed by atoms with Crippen molar-refractivity contribution in [1.29, 1.82) is 0 Å². The van der Waals surface area contributed by atoms with Crippen molar-refractivity contribution in [1.82, 2.24) is 9.97 Å². The van der Waals surface area contributed by atoms with Crippen molar-refractivity contribution in [3.63, 3.8) is 0 Å². The molecule has 5 aromatic rings. The Bertz CT molecular complexity index is 1180. The van der Waals surface area contributed by atoms with Gasteiger partial charge in [-0.15, -0.1) is 0 Å². The highest BCUT2D eigenvalue weighted by Crippen LogP contribution is 2.40. The lowest BCUT2D eigenvalue weighted by atomic mass is 9.92. The first-order valence-corrected chi connectivity index (χ1v) is 9.42. The van der Waals surface area contributed by atoms with Gasteiger partial charge >= 0.3 is 0 Å². The summed E-state index contributed by atoms with van der Waals surface area (Å²) in [6.07, 6.45) is 0. The van der Waals surface area contributed by atoms with E-state index < -0.39 is 0 Å². The van der Waals surface area contributed by atoms with Gasteiger partial charge in [-0.2, -0.15) is 0 Å². The van der Waals surface area contributed by atoms with Gasteiger partial charge in [-0.05, 0) is 45.5 Å². The summed E-state index contributed by atoms with van der Waals surface area (Å²) >= 11 is 0. The summed E-state index contributed by atoms with van der Waals surface area (Å²) in [7, 11) is 0. The van der Waals surface area contributed by atoms with Crippen LogP contribution in [0.3, 0.4) is 0 Å². The Balaban J connectivity index is 2.13. The third-order valence-corrected chi connectivity index (χ3v) is 5.45. The minimum Gasteiger partial charge on any atom is -0.250 e. The number of aromatic nitrogens is 2. The predicted molar refractivity (Wildman–Crippen MR) is 111 cm³/mol. The Kier molecular flexibility index (Phi) is 3.21. The largest absolute Gasteiger partial charge is 0.250 e. The van der Waals surface area contributed by atoms with Gasteiger partial charge in [0.2, 0.25) is 0 Å². The summed E-state index contributed by atoms with van der Waals surface area (Å²) in [6.45, 7) is 8.81. The van der Waals surface area contributed by atoms with Gasteiger partial charge in [0.25, 0.3) is 0 Å². The Labute approximate surface area is 153 Å². The molecule has 0 bridgehead atoms. The molecule has 0 radical (unpaired) electrons. The monoisotopic (exact) mass is 338 g/mol. The molecule has 0 aliphatic rings. The topological polar surface area (TPSA) is 25.8 Å². The van der Waals surface area contributed by atoms with Gasteiger partial charge in [-0.25, -0.2) is 0 Å². The summed E-state index contributed by atoms with van der Waals surface area (Å²) < 4.78 is 0. The van der Waals surface area contributed by atoms with Gasteiger partial charge in [-0.1, -0.05) is 64.1 Å². The van der Waals surface area contributed by atoms with Crippen molar-refractivity contribution in [2.75, 3.05) is 0 Å². The number of fused-ring (bicyclic) bond motifs is 2. The van der Waals surface area contributed by atoms with Crippen molar-refractivity contribution >= 4 is 43.4 Å². The summed E-state index contributed by atoms with van der Waals surface area (Å²) in [6, 6.07) is 17.6. The smallest absolute Gasteiger partial charge is 0.0980 e. The maximum Gasteiger partial charge on any atom is 0.0980 e. The second-order valence-electron chi connectivity index (χ2n) is 7.91. The van der Waals surface area contributed by atoms with Gasteiger partial charge < -0.3 is 0 Å². The summed E-state index contributed by atoms with van der Waals surface area (Å²) in [5, 5.41) is 7.55. The lowest BCUT2D eigenvalue weighted by Gasteiger charge is -2.17. The molecule has 0 fully saturated rings. The molecule has 0 N–H and O–H groups in total. The van der Waals surface area contributed by atoms with E-state index >= 15 is 0 Å². The van der Waals surface area contributed by atoms with E-state index in [1.54, 1.807) is 0 Å². The van der Waals surface area contributed by atoms with Crippen molar-refractivity contribution in [2.24, 2.45) is 0 Å². The molecule has 2 heterocycles. The number of hydrogen-bond donors (Lipinski definition) is 0. The summed E-state index contributed by atoms with van der Waals surface area (Å²) in [5.41, 5.74) is 4.36. The highest BCUT2D eigenvalue weighted by atomic mass is 14.8. The molecule has 26 heavy (non-hydrogen) atoms. The van der Waals surface area contributed by atoms with E-state index in [1.165, 1.54) is 32.3 Å². The van der Waals surface area contributed by atoms with Gasteiger partial charge in [0.15, 0.2) is 0 Å². The van der Waals surface area contributed by atoms with Gasteiger partial charge in [0.1, 0.15) is 0 Å². The van der Waals surface area contributed by atoms with Crippen LogP contribution in [0, 0.1) is 0 Å². The van der Waals surface area contributed by atoms with Crippen molar-refractivity contribution in [3.8, 4) is 0 Å². The molecule has 0 saturated carbocycles. The molecule has 128 valence electrons. The fourth-order valence-corrected chi connectivity index (χ4v) is 4.05. The van der Waals surface area contributed by atoms with Crippen LogP contribution in [0.25, 0.3) is 43.4 Å². The molecule has 2 nitrogen and oxygen atoms in total. The first-order chi connectivity index (χ1) is 12.5. The van der Waals surface area contributed by atoms with Crippen LogP contribution >= 0.6 is 0 Å². The Hall–Kier alpha value is -2.74. The van der Waals surface area contributed by atoms with Crippen LogP contribution in [-0.4, -0.2) is 9.97 Å². The molecule has 5 rings (SSSR count). The fourth-order valence-electron chi connectivity index (χ4n) is 4.05. The highest BCUT2D eigenvalue weighted by molar-refractivity contribution is 6.30. The van der Waals surface area contributed by atoms with E-state index in [0.29, 0.717) is 11.8 Å². The second kappa shape index (κ2) is 5.38. The zero-order chi connectivity index (χ0) is 18.0. The number of nitrogens with zero attached hydrogens (tertiary/aromatic N) is 2. The lowest BCUT2D eigenvalue weighted by Crippen LogP contribution is -1.99. The zero-order valence-corrected chi connectivity index (χ0v) is 15.7. The molecule has 0 aliphatic heterocycles. The van der Waals surface area contributed by atoms with Crippen LogP contribution in [0.2, 0.25) is 0 Å². The molecule has 0 spiro atoms. The molecule has 2 heteroatoms. The van der Waals surface area contributed by atoms with Crippen molar-refractivity contribution in [2.45, 2.75) is 39.5 Å². The minimum absolute atomic E-state index is 0.389. The standard InChI is InChI=1S/C24H22N2/c1-13(2)19-11-15-7-5-9-17-18-10-6-8-16-12-20(14(3)4)26-24(22(16)18)23(25-19)21(15)17/h5-14H,1-4H3. The molecule has 0 amide bonds. The van der Waals surface area contributed by atoms with Gasteiger partial charge in [-0.3, -0.25) is 9.97 Å². The van der Waals surface area contributed by atoms with Crippen LogP contribution in [0.5, 0.6) is 0 Å². The number of hydrogen-bond acceptors (Lipinski definition) is 2. The molecule has 0 saturated heterocycles. The average Bonchev–Trinajstić information content (AvgIpc) is 2.64. The third kappa shape index (κ3) is 2.05. The molecule has 0 atom stereocenters. The number of pyridine rings is 2. The van der Waals surface area contributed by atoms with Gasteiger partial charge in [0, 0.05) is 22.2 Å². The number of benzene rings is 3. The van der Waals surface area contributed by atoms with E-state index in [2.05, 4.69) is 76.2 Å². The minimum atomic E-state index is 0.389. The third-order valence-electron chi connectivity index (χ3n) is 5.45. The van der Waals surface area contributed by atoms with Crippen LogP contribution in [-0.2, 0) is 0 Å². The molecular formula is C24H22N2.